The molecule has 0 unspecified atom stereocenters. The van der Waals surface area contributed by atoms with Crippen molar-refractivity contribution in [2.75, 3.05) is 71.2 Å². The van der Waals surface area contributed by atoms with E-state index in [4.69, 9.17) is 11.5 Å². The SMILES string of the molecule is CCNC(=O)Nc1sc2ccccc2c1C(=O)N1CCC(N)(C(N)=O)CC1.CCNC(=O)Nc1sc2ccccc2c1C(=O)N1CCC2(CC1)N=CNC2=O.COC(OC)OC. The van der Waals surface area contributed by atoms with Crippen molar-refractivity contribution in [3.63, 3.8) is 0 Å². The molecule has 1 spiro atoms. The number of thiophene rings is 2. The van der Waals surface area contributed by atoms with E-state index in [0.29, 0.717) is 86.1 Å². The van der Waals surface area contributed by atoms with Gasteiger partial charge in [-0.15, -0.1) is 22.7 Å². The number of anilines is 2. The van der Waals surface area contributed by atoms with E-state index in [1.165, 1.54) is 50.3 Å². The summed E-state index contributed by atoms with van der Waals surface area (Å²) in [5.74, 6) is -0.972. The van der Waals surface area contributed by atoms with E-state index in [0.717, 1.165) is 20.2 Å². The Kier molecular flexibility index (Phi) is 16.3. The van der Waals surface area contributed by atoms with E-state index in [9.17, 15) is 28.8 Å². The fourth-order valence-corrected chi connectivity index (χ4v) is 9.29. The molecule has 4 aromatic rings. The van der Waals surface area contributed by atoms with Crippen LogP contribution in [0.2, 0.25) is 0 Å². The van der Waals surface area contributed by atoms with Crippen LogP contribution in [0.25, 0.3) is 20.2 Å². The Balaban J connectivity index is 0.000000203. The van der Waals surface area contributed by atoms with Crippen molar-refractivity contribution in [1.29, 1.82) is 0 Å². The quantitative estimate of drug-likeness (QED) is 0.113. The van der Waals surface area contributed by atoms with E-state index < -0.39 is 23.5 Å². The Hall–Kier alpha value is -5.71. The normalized spacial score (nSPS) is 16.2. The van der Waals surface area contributed by atoms with Gasteiger partial charge < -0.3 is 51.4 Å². The van der Waals surface area contributed by atoms with Crippen molar-refractivity contribution in [2.24, 2.45) is 16.5 Å². The van der Waals surface area contributed by atoms with Crippen LogP contribution in [0.1, 0.15) is 60.2 Å². The predicted molar refractivity (Wildman–Crippen MR) is 240 cm³/mol. The van der Waals surface area contributed by atoms with E-state index in [-0.39, 0.29) is 29.8 Å². The lowest BCUT2D eigenvalue weighted by atomic mass is 9.87. The van der Waals surface area contributed by atoms with Crippen molar-refractivity contribution in [3.8, 4) is 0 Å². The van der Waals surface area contributed by atoms with Crippen LogP contribution in [-0.4, -0.2) is 130 Å². The highest BCUT2D eigenvalue weighted by Gasteiger charge is 2.44. The summed E-state index contributed by atoms with van der Waals surface area (Å²) in [5, 5.41) is 16.2. The molecule has 2 aromatic heterocycles. The average molecular weight is 895 g/mol. The smallest absolute Gasteiger partial charge is 0.319 e. The Morgan fingerprint density at radius 1 is 0.742 bits per heavy atom. The molecule has 19 nitrogen and oxygen atoms in total. The van der Waals surface area contributed by atoms with Gasteiger partial charge in [0.2, 0.25) is 5.91 Å². The standard InChI is InChI=1S/C19H21N5O3S.C18H23N5O3S.C4H10O3/c1-2-20-18(27)23-15-14(12-5-3-4-6-13(12)28-15)16(25)24-9-7-19(8-10-24)17(26)21-11-22-19;1-2-21-17(26)22-14-13(11-5-3-4-6-12(11)27-14)15(24)23-9-7-18(20,8-10-23)16(19)25;1-5-4(6-2)7-3/h3-6,11H,2,7-10H2,1H3,(H2,20,23,27)(H,21,22,26);3-6H,2,7-10,20H2,1H3,(H2,19,25)(H2,21,22,26);4H,1-3H3. The van der Waals surface area contributed by atoms with Crippen LogP contribution in [0.4, 0.5) is 19.6 Å². The zero-order valence-electron chi connectivity index (χ0n) is 35.3. The lowest BCUT2D eigenvalue weighted by molar-refractivity contribution is -0.252. The van der Waals surface area contributed by atoms with Gasteiger partial charge in [0.25, 0.3) is 24.2 Å². The summed E-state index contributed by atoms with van der Waals surface area (Å²) in [6, 6.07) is 14.4. The number of amides is 8. The number of hydrogen-bond acceptors (Lipinski definition) is 13. The second-order valence-electron chi connectivity index (χ2n) is 14.4. The minimum Gasteiger partial charge on any atom is -0.368 e. The van der Waals surface area contributed by atoms with Crippen molar-refractivity contribution in [1.82, 2.24) is 25.8 Å². The number of rotatable bonds is 10. The highest BCUT2D eigenvalue weighted by atomic mass is 32.1. The molecule has 0 saturated carbocycles. The van der Waals surface area contributed by atoms with Crippen LogP contribution in [0.5, 0.6) is 0 Å². The number of primary amides is 1. The van der Waals surface area contributed by atoms with Gasteiger partial charge in [-0.2, -0.15) is 0 Å². The van der Waals surface area contributed by atoms with Gasteiger partial charge in [0, 0.05) is 80.8 Å². The molecule has 0 radical (unpaired) electrons. The number of piperidine rings is 2. The Morgan fingerprint density at radius 3 is 1.52 bits per heavy atom. The number of nitrogens with one attached hydrogen (secondary N) is 5. The Morgan fingerprint density at radius 2 is 1.16 bits per heavy atom. The number of nitrogens with zero attached hydrogens (tertiary/aromatic N) is 3. The zero-order valence-corrected chi connectivity index (χ0v) is 37.0. The van der Waals surface area contributed by atoms with Crippen molar-refractivity contribution in [3.05, 3.63) is 59.7 Å². The molecular formula is C41H54N10O9S2. The van der Waals surface area contributed by atoms with Crippen molar-refractivity contribution < 1.29 is 43.0 Å². The molecule has 5 heterocycles. The molecule has 8 amide bonds. The predicted octanol–water partition coefficient (Wildman–Crippen LogP) is 3.85. The monoisotopic (exact) mass is 894 g/mol. The molecule has 2 saturated heterocycles. The number of fused-ring (bicyclic) bond motifs is 2. The first-order valence-electron chi connectivity index (χ1n) is 20.0. The van der Waals surface area contributed by atoms with Crippen LogP contribution in [0.3, 0.4) is 0 Å². The molecule has 334 valence electrons. The summed E-state index contributed by atoms with van der Waals surface area (Å²) in [4.78, 5) is 81.9. The highest BCUT2D eigenvalue weighted by Crippen LogP contribution is 2.39. The number of aliphatic imine (C=N–C) groups is 1. The number of carbonyl (C=O) groups excluding carboxylic acids is 6. The molecule has 7 rings (SSSR count). The summed E-state index contributed by atoms with van der Waals surface area (Å²) in [5.41, 5.74) is 10.6. The number of benzene rings is 2. The summed E-state index contributed by atoms with van der Waals surface area (Å²) < 4.78 is 15.7. The Bertz CT molecular complexity index is 2270. The second kappa shape index (κ2) is 21.4. The maximum absolute atomic E-state index is 13.3. The maximum atomic E-state index is 13.3. The van der Waals surface area contributed by atoms with Gasteiger partial charge in [-0.05, 0) is 51.7 Å². The first kappa shape index (κ1) is 47.3. The van der Waals surface area contributed by atoms with Gasteiger partial charge in [-0.25, -0.2) is 9.59 Å². The summed E-state index contributed by atoms with van der Waals surface area (Å²) in [6.07, 6.45) is 3.05. The van der Waals surface area contributed by atoms with Gasteiger partial charge in [0.05, 0.1) is 23.0 Å². The first-order chi connectivity index (χ1) is 29.7. The number of methoxy groups -OCH3 is 3. The highest BCUT2D eigenvalue weighted by molar-refractivity contribution is 7.24. The van der Waals surface area contributed by atoms with Crippen molar-refractivity contribution >= 4 is 94.9 Å². The number of ether oxygens (including phenoxy) is 3. The fourth-order valence-electron chi connectivity index (χ4n) is 7.11. The summed E-state index contributed by atoms with van der Waals surface area (Å²) in [7, 11) is 4.53. The lowest BCUT2D eigenvalue weighted by Crippen LogP contribution is -2.59. The number of hydrogen-bond donors (Lipinski definition) is 7. The molecule has 2 aromatic carbocycles. The van der Waals surface area contributed by atoms with E-state index in [2.05, 4.69) is 45.8 Å². The molecular weight excluding hydrogens is 841 g/mol. The fraction of sp³-hybridized carbons (Fsp3) is 0.439. The number of carbonyl (C=O) groups is 6. The topological polar surface area (TPSA) is 261 Å². The largest absolute Gasteiger partial charge is 0.368 e. The van der Waals surface area contributed by atoms with Gasteiger partial charge in [0.1, 0.15) is 15.5 Å². The molecule has 21 heteroatoms. The van der Waals surface area contributed by atoms with E-state index in [1.807, 2.05) is 62.4 Å². The van der Waals surface area contributed by atoms with Gasteiger partial charge in [0.15, 0.2) is 0 Å². The third-order valence-corrected chi connectivity index (χ3v) is 12.7. The molecule has 3 aliphatic heterocycles. The van der Waals surface area contributed by atoms with E-state index >= 15 is 0 Å². The molecule has 3 aliphatic rings. The van der Waals surface area contributed by atoms with Crippen LogP contribution in [0.15, 0.2) is 53.5 Å². The minimum atomic E-state index is -1.07. The zero-order chi connectivity index (χ0) is 45.0. The van der Waals surface area contributed by atoms with Crippen LogP contribution >= 0.6 is 22.7 Å². The molecule has 0 atom stereocenters. The maximum Gasteiger partial charge on any atom is 0.319 e. The number of urea groups is 2. The van der Waals surface area contributed by atoms with Crippen LogP contribution in [0, 0.1) is 0 Å². The molecule has 62 heavy (non-hydrogen) atoms. The third-order valence-electron chi connectivity index (χ3n) is 10.6. The lowest BCUT2D eigenvalue weighted by Gasteiger charge is -2.37. The van der Waals surface area contributed by atoms with E-state index in [1.54, 1.807) is 9.80 Å². The minimum absolute atomic E-state index is 0.0980. The first-order valence-corrected chi connectivity index (χ1v) is 21.6. The number of nitrogens with two attached hydrogens (primary N) is 2. The Labute approximate surface area is 366 Å². The molecule has 9 N–H and O–H groups in total. The third kappa shape index (κ3) is 10.8. The molecule has 2 fully saturated rings. The summed E-state index contributed by atoms with van der Waals surface area (Å²) in [6.45, 7) is 5.67. The van der Waals surface area contributed by atoms with Gasteiger partial charge >= 0.3 is 12.1 Å². The summed E-state index contributed by atoms with van der Waals surface area (Å²) >= 11 is 2.74. The van der Waals surface area contributed by atoms with Crippen LogP contribution in [-0.2, 0) is 23.8 Å². The average Bonchev–Trinajstić information content (AvgIpc) is 3.93. The van der Waals surface area contributed by atoms with Crippen molar-refractivity contribution in [2.45, 2.75) is 57.1 Å². The van der Waals surface area contributed by atoms with Gasteiger partial charge in [-0.3, -0.25) is 34.8 Å². The van der Waals surface area contributed by atoms with Gasteiger partial charge in [-0.1, -0.05) is 36.4 Å². The second-order valence-corrected chi connectivity index (χ2v) is 16.5. The number of likely N-dealkylation sites (tertiary alicyclic amines) is 2. The molecule has 0 bridgehead atoms. The molecule has 0 aliphatic carbocycles. The van der Waals surface area contributed by atoms with Crippen LogP contribution < -0.4 is 38.1 Å².